The molecule has 0 radical (unpaired) electrons. The van der Waals surface area contributed by atoms with Crippen LogP contribution in [0.4, 0.5) is 10.5 Å². The third kappa shape index (κ3) is 4.26. The molecule has 0 bridgehead atoms. The van der Waals surface area contributed by atoms with E-state index >= 15 is 0 Å². The normalized spacial score (nSPS) is 12.1. The van der Waals surface area contributed by atoms with Crippen molar-refractivity contribution in [3.63, 3.8) is 0 Å². The van der Waals surface area contributed by atoms with Crippen LogP contribution in [0.1, 0.15) is 43.1 Å². The molecule has 2 amide bonds. The van der Waals surface area contributed by atoms with Gasteiger partial charge in [0.2, 0.25) is 0 Å². The number of anilines is 1. The summed E-state index contributed by atoms with van der Waals surface area (Å²) in [6.07, 6.45) is 0.846. The van der Waals surface area contributed by atoms with Crippen molar-refractivity contribution in [3.05, 3.63) is 29.3 Å². The molecule has 1 atom stereocenters. The first-order chi connectivity index (χ1) is 9.35. The van der Waals surface area contributed by atoms with Crippen LogP contribution in [0.5, 0.6) is 0 Å². The highest BCUT2D eigenvalue weighted by atomic mass is 16.4. The van der Waals surface area contributed by atoms with E-state index in [4.69, 9.17) is 5.11 Å². The average Bonchev–Trinajstić information content (AvgIpc) is 2.37. The van der Waals surface area contributed by atoms with Crippen molar-refractivity contribution in [1.29, 1.82) is 0 Å². The molecule has 0 aliphatic rings. The highest BCUT2D eigenvalue weighted by molar-refractivity contribution is 5.94. The number of carbonyl (C=O) groups excluding carboxylic acids is 1. The van der Waals surface area contributed by atoms with Gasteiger partial charge in [-0.25, -0.2) is 9.59 Å². The molecule has 110 valence electrons. The fourth-order valence-corrected chi connectivity index (χ4v) is 1.96. The standard InChI is InChI=1S/C15H22N2O3/c1-5-12(9(2)3)16-15(20)17-13-8-11(14(18)19)7-6-10(13)4/h6-9,12H,5H2,1-4H3,(H,18,19)(H2,16,17,20). The summed E-state index contributed by atoms with van der Waals surface area (Å²) in [7, 11) is 0. The van der Waals surface area contributed by atoms with Crippen molar-refractivity contribution in [3.8, 4) is 0 Å². The first-order valence-electron chi connectivity index (χ1n) is 6.76. The van der Waals surface area contributed by atoms with Crippen LogP contribution in [-0.4, -0.2) is 23.1 Å². The Labute approximate surface area is 119 Å². The second kappa shape index (κ2) is 6.93. The lowest BCUT2D eigenvalue weighted by molar-refractivity contribution is 0.0697. The Hall–Kier alpha value is -2.04. The Morgan fingerprint density at radius 1 is 1.30 bits per heavy atom. The van der Waals surface area contributed by atoms with Crippen molar-refractivity contribution < 1.29 is 14.7 Å². The minimum atomic E-state index is -1.01. The van der Waals surface area contributed by atoms with Crippen LogP contribution in [0.3, 0.4) is 0 Å². The van der Waals surface area contributed by atoms with Crippen LogP contribution in [0.15, 0.2) is 18.2 Å². The number of hydrogen-bond acceptors (Lipinski definition) is 2. The van der Waals surface area contributed by atoms with Gasteiger partial charge in [0, 0.05) is 11.7 Å². The van der Waals surface area contributed by atoms with Crippen LogP contribution in [0.2, 0.25) is 0 Å². The van der Waals surface area contributed by atoms with Crippen LogP contribution in [0.25, 0.3) is 0 Å². The molecule has 1 aromatic carbocycles. The smallest absolute Gasteiger partial charge is 0.335 e. The number of rotatable bonds is 5. The van der Waals surface area contributed by atoms with Gasteiger partial charge >= 0.3 is 12.0 Å². The average molecular weight is 278 g/mol. The molecule has 0 fully saturated rings. The van der Waals surface area contributed by atoms with Crippen molar-refractivity contribution in [1.82, 2.24) is 5.32 Å². The van der Waals surface area contributed by atoms with E-state index < -0.39 is 5.97 Å². The zero-order valence-corrected chi connectivity index (χ0v) is 12.4. The van der Waals surface area contributed by atoms with E-state index in [2.05, 4.69) is 10.6 Å². The van der Waals surface area contributed by atoms with E-state index in [0.29, 0.717) is 11.6 Å². The molecule has 1 aromatic rings. The zero-order chi connectivity index (χ0) is 15.3. The molecule has 20 heavy (non-hydrogen) atoms. The summed E-state index contributed by atoms with van der Waals surface area (Å²) in [5, 5.41) is 14.6. The summed E-state index contributed by atoms with van der Waals surface area (Å²) in [6.45, 7) is 7.93. The summed E-state index contributed by atoms with van der Waals surface area (Å²) in [4.78, 5) is 22.9. The Morgan fingerprint density at radius 3 is 2.45 bits per heavy atom. The lowest BCUT2D eigenvalue weighted by Crippen LogP contribution is -2.40. The van der Waals surface area contributed by atoms with Gasteiger partial charge in [0.15, 0.2) is 0 Å². The highest BCUT2D eigenvalue weighted by Crippen LogP contribution is 2.17. The highest BCUT2D eigenvalue weighted by Gasteiger charge is 2.15. The molecule has 5 nitrogen and oxygen atoms in total. The summed E-state index contributed by atoms with van der Waals surface area (Å²) < 4.78 is 0. The number of nitrogens with one attached hydrogen (secondary N) is 2. The second-order valence-electron chi connectivity index (χ2n) is 5.19. The Bertz CT molecular complexity index is 498. The second-order valence-corrected chi connectivity index (χ2v) is 5.19. The molecular weight excluding hydrogens is 256 g/mol. The van der Waals surface area contributed by atoms with Crippen LogP contribution in [0, 0.1) is 12.8 Å². The molecule has 0 heterocycles. The molecule has 0 spiro atoms. The number of carbonyl (C=O) groups is 2. The number of carboxylic acid groups (broad SMARTS) is 1. The van der Waals surface area contributed by atoms with Crippen molar-refractivity contribution in [2.45, 2.75) is 40.2 Å². The largest absolute Gasteiger partial charge is 0.478 e. The number of hydrogen-bond donors (Lipinski definition) is 3. The van der Waals surface area contributed by atoms with E-state index in [1.165, 1.54) is 12.1 Å². The fraction of sp³-hybridized carbons (Fsp3) is 0.467. The van der Waals surface area contributed by atoms with Crippen molar-refractivity contribution >= 4 is 17.7 Å². The Balaban J connectivity index is 2.80. The number of urea groups is 1. The molecule has 3 N–H and O–H groups in total. The van der Waals surface area contributed by atoms with Crippen LogP contribution < -0.4 is 10.6 Å². The van der Waals surface area contributed by atoms with Gasteiger partial charge in [0.25, 0.3) is 0 Å². The Kier molecular flexibility index (Phi) is 5.55. The monoisotopic (exact) mass is 278 g/mol. The van der Waals surface area contributed by atoms with E-state index in [1.807, 2.05) is 27.7 Å². The molecule has 0 aromatic heterocycles. The molecule has 1 rings (SSSR count). The number of aryl methyl sites for hydroxylation is 1. The van der Waals surface area contributed by atoms with Gasteiger partial charge in [0.1, 0.15) is 0 Å². The predicted octanol–water partition coefficient (Wildman–Crippen LogP) is 3.25. The van der Waals surface area contributed by atoms with Crippen molar-refractivity contribution in [2.75, 3.05) is 5.32 Å². The maximum Gasteiger partial charge on any atom is 0.335 e. The molecule has 0 aliphatic heterocycles. The summed E-state index contributed by atoms with van der Waals surface area (Å²) in [5.74, 6) is -0.667. The van der Waals surface area contributed by atoms with Gasteiger partial charge in [0.05, 0.1) is 5.56 Å². The topological polar surface area (TPSA) is 78.4 Å². The maximum absolute atomic E-state index is 11.9. The molecule has 0 saturated carbocycles. The Morgan fingerprint density at radius 2 is 1.95 bits per heavy atom. The van der Waals surface area contributed by atoms with E-state index in [0.717, 1.165) is 12.0 Å². The number of carboxylic acids is 1. The van der Waals surface area contributed by atoms with Crippen molar-refractivity contribution in [2.24, 2.45) is 5.92 Å². The van der Waals surface area contributed by atoms with Crippen LogP contribution >= 0.6 is 0 Å². The number of benzene rings is 1. The molecule has 0 saturated heterocycles. The molecule has 1 unspecified atom stereocenters. The third-order valence-corrected chi connectivity index (χ3v) is 3.29. The lowest BCUT2D eigenvalue weighted by atomic mass is 10.0. The predicted molar refractivity (Wildman–Crippen MR) is 79.2 cm³/mol. The molecular formula is C15H22N2O3. The molecule has 0 aliphatic carbocycles. The number of aromatic carboxylic acids is 1. The minimum absolute atomic E-state index is 0.0953. The third-order valence-electron chi connectivity index (χ3n) is 3.29. The first-order valence-corrected chi connectivity index (χ1v) is 6.76. The van der Waals surface area contributed by atoms with Gasteiger partial charge in [-0.15, -0.1) is 0 Å². The first kappa shape index (κ1) is 16.0. The summed E-state index contributed by atoms with van der Waals surface area (Å²) >= 11 is 0. The van der Waals surface area contributed by atoms with E-state index in [1.54, 1.807) is 6.07 Å². The fourth-order valence-electron chi connectivity index (χ4n) is 1.96. The van der Waals surface area contributed by atoms with E-state index in [9.17, 15) is 9.59 Å². The van der Waals surface area contributed by atoms with E-state index in [-0.39, 0.29) is 17.6 Å². The van der Waals surface area contributed by atoms with Gasteiger partial charge in [-0.2, -0.15) is 0 Å². The van der Waals surface area contributed by atoms with Gasteiger partial charge in [-0.3, -0.25) is 0 Å². The quantitative estimate of drug-likeness (QED) is 0.773. The summed E-state index contributed by atoms with van der Waals surface area (Å²) in [5.41, 5.74) is 1.49. The SMILES string of the molecule is CCC(NC(=O)Nc1cc(C(=O)O)ccc1C)C(C)C. The minimum Gasteiger partial charge on any atom is -0.478 e. The summed E-state index contributed by atoms with van der Waals surface area (Å²) in [6, 6.07) is 4.45. The lowest BCUT2D eigenvalue weighted by Gasteiger charge is -2.21. The maximum atomic E-state index is 11.9. The molecule has 5 heteroatoms. The van der Waals surface area contributed by atoms with Crippen LogP contribution in [-0.2, 0) is 0 Å². The number of amides is 2. The zero-order valence-electron chi connectivity index (χ0n) is 12.4. The van der Waals surface area contributed by atoms with Gasteiger partial charge in [-0.05, 0) is 37.0 Å². The van der Waals surface area contributed by atoms with Gasteiger partial charge < -0.3 is 15.7 Å². The van der Waals surface area contributed by atoms with Gasteiger partial charge in [-0.1, -0.05) is 26.8 Å².